The molecule has 30 heavy (non-hydrogen) atoms. The van der Waals surface area contributed by atoms with Crippen LogP contribution in [-0.4, -0.2) is 46.9 Å². The molecule has 1 aliphatic carbocycles. The normalized spacial score (nSPS) is 27.4. The number of rotatable bonds is 5. The van der Waals surface area contributed by atoms with Crippen molar-refractivity contribution in [2.24, 2.45) is 11.7 Å². The molecule has 0 amide bonds. The molecule has 0 bridgehead atoms. The van der Waals surface area contributed by atoms with Gasteiger partial charge in [-0.25, -0.2) is 17.2 Å². The first-order valence-corrected chi connectivity index (χ1v) is 11.7. The fraction of sp³-hybridized carbons (Fsp3) is 0.550. The highest BCUT2D eigenvalue weighted by Gasteiger charge is 2.41. The van der Waals surface area contributed by atoms with Crippen molar-refractivity contribution in [3.05, 3.63) is 52.9 Å². The average Bonchev–Trinajstić information content (AvgIpc) is 3.38. The molecule has 0 radical (unpaired) electrons. The second-order valence-corrected chi connectivity index (χ2v) is 10.6. The highest BCUT2D eigenvalue weighted by atomic mass is 32.2. The van der Waals surface area contributed by atoms with Gasteiger partial charge in [-0.05, 0) is 43.4 Å². The van der Waals surface area contributed by atoms with Crippen molar-refractivity contribution in [1.82, 2.24) is 14.1 Å². The quantitative estimate of drug-likeness (QED) is 0.767. The maximum absolute atomic E-state index is 14.1. The third-order valence-corrected chi connectivity index (χ3v) is 8.27. The molecule has 2 aliphatic heterocycles. The molecule has 1 saturated carbocycles. The van der Waals surface area contributed by atoms with Gasteiger partial charge in [-0.15, -0.1) is 0 Å². The van der Waals surface area contributed by atoms with Gasteiger partial charge in [0.15, 0.2) is 0 Å². The Morgan fingerprint density at radius 1 is 1.23 bits per heavy atom. The van der Waals surface area contributed by atoms with Gasteiger partial charge >= 0.3 is 0 Å². The molecule has 3 aliphatic rings. The van der Waals surface area contributed by atoms with E-state index < -0.39 is 33.8 Å². The number of nitrogens with zero attached hydrogens (tertiary/aromatic N) is 3. The predicted molar refractivity (Wildman–Crippen MR) is 105 cm³/mol. The first-order valence-electron chi connectivity index (χ1n) is 10.2. The molecule has 2 unspecified atom stereocenters. The third kappa shape index (κ3) is 3.55. The van der Waals surface area contributed by atoms with E-state index in [2.05, 4.69) is 10.00 Å². The van der Waals surface area contributed by atoms with Gasteiger partial charge in [-0.3, -0.25) is 4.90 Å². The molecule has 2 N–H and O–H groups in total. The van der Waals surface area contributed by atoms with Crippen LogP contribution >= 0.6 is 0 Å². The first-order chi connectivity index (χ1) is 14.3. The van der Waals surface area contributed by atoms with E-state index in [9.17, 15) is 17.2 Å². The van der Waals surface area contributed by atoms with E-state index in [4.69, 9.17) is 10.5 Å². The zero-order valence-corrected chi connectivity index (χ0v) is 17.2. The Balaban J connectivity index is 1.23. The number of fused-ring (bicyclic) bond motifs is 1. The number of hydrogen-bond acceptors (Lipinski definition) is 6. The Bertz CT molecular complexity index is 1070. The highest BCUT2D eigenvalue weighted by Crippen LogP contribution is 2.35. The Morgan fingerprint density at radius 2 is 2.03 bits per heavy atom. The SMILES string of the molecule is N[C@H]1CC(CN2Cc3cnn(S(=O)(=O)C4CC4)c3C2)COC1c1cc(F)ccc1F. The summed E-state index contributed by atoms with van der Waals surface area (Å²) in [6.07, 6.45) is 2.97. The van der Waals surface area contributed by atoms with Gasteiger partial charge in [-0.2, -0.15) is 9.19 Å². The fourth-order valence-corrected chi connectivity index (χ4v) is 6.21. The second-order valence-electron chi connectivity index (χ2n) is 8.56. The Kier molecular flexibility index (Phi) is 4.92. The molecule has 5 rings (SSSR count). The maximum atomic E-state index is 14.1. The van der Waals surface area contributed by atoms with Crippen LogP contribution in [0.3, 0.4) is 0 Å². The largest absolute Gasteiger partial charge is 0.371 e. The summed E-state index contributed by atoms with van der Waals surface area (Å²) in [4.78, 5) is 2.16. The van der Waals surface area contributed by atoms with Gasteiger partial charge in [0.2, 0.25) is 0 Å². The lowest BCUT2D eigenvalue weighted by Gasteiger charge is -2.36. The minimum atomic E-state index is -3.39. The van der Waals surface area contributed by atoms with Crippen molar-refractivity contribution in [3.63, 3.8) is 0 Å². The van der Waals surface area contributed by atoms with Gasteiger partial charge in [0.25, 0.3) is 10.0 Å². The lowest BCUT2D eigenvalue weighted by molar-refractivity contribution is -0.0413. The monoisotopic (exact) mass is 438 g/mol. The van der Waals surface area contributed by atoms with Gasteiger partial charge in [-0.1, -0.05) is 0 Å². The van der Waals surface area contributed by atoms with E-state index in [1.54, 1.807) is 6.20 Å². The van der Waals surface area contributed by atoms with Crippen LogP contribution in [0.15, 0.2) is 24.4 Å². The van der Waals surface area contributed by atoms with Crippen LogP contribution in [0.4, 0.5) is 8.78 Å². The molecule has 7 nitrogen and oxygen atoms in total. The van der Waals surface area contributed by atoms with Crippen LogP contribution in [-0.2, 0) is 27.8 Å². The molecule has 162 valence electrons. The second kappa shape index (κ2) is 7.37. The molecule has 1 aromatic carbocycles. The van der Waals surface area contributed by atoms with Crippen molar-refractivity contribution in [2.75, 3.05) is 13.2 Å². The summed E-state index contributed by atoms with van der Waals surface area (Å²) in [6.45, 7) is 2.20. The average molecular weight is 439 g/mol. The Labute approximate surface area is 173 Å². The van der Waals surface area contributed by atoms with Crippen LogP contribution in [0.1, 0.15) is 42.2 Å². The van der Waals surface area contributed by atoms with Crippen molar-refractivity contribution in [2.45, 2.75) is 49.7 Å². The maximum Gasteiger partial charge on any atom is 0.256 e. The van der Waals surface area contributed by atoms with Gasteiger partial charge in [0.05, 0.1) is 23.7 Å². The number of benzene rings is 1. The number of hydrogen-bond donors (Lipinski definition) is 1. The van der Waals surface area contributed by atoms with Crippen molar-refractivity contribution >= 4 is 10.0 Å². The van der Waals surface area contributed by atoms with E-state index in [1.807, 2.05) is 0 Å². The van der Waals surface area contributed by atoms with E-state index >= 15 is 0 Å². The van der Waals surface area contributed by atoms with Crippen molar-refractivity contribution < 1.29 is 21.9 Å². The minimum absolute atomic E-state index is 0.123. The van der Waals surface area contributed by atoms with E-state index in [0.29, 0.717) is 45.5 Å². The van der Waals surface area contributed by atoms with Crippen LogP contribution in [0.5, 0.6) is 0 Å². The van der Waals surface area contributed by atoms with Crippen molar-refractivity contribution in [3.8, 4) is 0 Å². The van der Waals surface area contributed by atoms with Crippen LogP contribution in [0.2, 0.25) is 0 Å². The molecule has 2 aromatic rings. The summed E-state index contributed by atoms with van der Waals surface area (Å²) in [5.41, 5.74) is 8.08. The number of halogens is 2. The Morgan fingerprint density at radius 3 is 2.77 bits per heavy atom. The molecule has 10 heteroatoms. The molecular formula is C20H24F2N4O3S. The molecule has 0 spiro atoms. The molecule has 1 saturated heterocycles. The zero-order chi connectivity index (χ0) is 21.0. The van der Waals surface area contributed by atoms with E-state index in [0.717, 1.165) is 29.5 Å². The zero-order valence-electron chi connectivity index (χ0n) is 16.4. The summed E-state index contributed by atoms with van der Waals surface area (Å²) in [6, 6.07) is 2.86. The topological polar surface area (TPSA) is 90.5 Å². The lowest BCUT2D eigenvalue weighted by Crippen LogP contribution is -2.42. The fourth-order valence-electron chi connectivity index (χ4n) is 4.53. The summed E-state index contributed by atoms with van der Waals surface area (Å²) >= 11 is 0. The standard InChI is InChI=1S/C20H24F2N4O3S/c21-14-1-4-17(22)16(6-14)20-18(23)5-12(11-29-20)8-25-9-13-7-24-26(19(13)10-25)30(27,28)15-2-3-15/h1,4,6-7,12,15,18,20H,2-3,5,8-11,23H2/t12?,18-,20?/m0/s1. The van der Waals surface area contributed by atoms with Gasteiger partial charge in [0.1, 0.15) is 17.7 Å². The highest BCUT2D eigenvalue weighted by molar-refractivity contribution is 7.90. The van der Waals surface area contributed by atoms with Crippen LogP contribution < -0.4 is 5.73 Å². The smallest absolute Gasteiger partial charge is 0.256 e. The van der Waals surface area contributed by atoms with Gasteiger partial charge in [0, 0.05) is 36.8 Å². The lowest BCUT2D eigenvalue weighted by atomic mass is 9.90. The molecule has 1 aromatic heterocycles. The van der Waals surface area contributed by atoms with Gasteiger partial charge < -0.3 is 10.5 Å². The summed E-state index contributed by atoms with van der Waals surface area (Å²) < 4.78 is 59.8. The van der Waals surface area contributed by atoms with Crippen molar-refractivity contribution in [1.29, 1.82) is 0 Å². The number of aromatic nitrogens is 2. The summed E-state index contributed by atoms with van der Waals surface area (Å²) in [7, 11) is -3.39. The summed E-state index contributed by atoms with van der Waals surface area (Å²) in [5, 5.41) is 3.81. The van der Waals surface area contributed by atoms with E-state index in [-0.39, 0.29) is 16.7 Å². The molecule has 2 fully saturated rings. The number of nitrogens with two attached hydrogens (primary N) is 1. The third-order valence-electron chi connectivity index (χ3n) is 6.16. The first kappa shape index (κ1) is 20.0. The minimum Gasteiger partial charge on any atom is -0.371 e. The molecular weight excluding hydrogens is 414 g/mol. The summed E-state index contributed by atoms with van der Waals surface area (Å²) in [5.74, 6) is -0.917. The Hall–Kier alpha value is -1.88. The van der Waals surface area contributed by atoms with Crippen LogP contribution in [0.25, 0.3) is 0 Å². The van der Waals surface area contributed by atoms with E-state index in [1.165, 1.54) is 4.09 Å². The van der Waals surface area contributed by atoms with Crippen LogP contribution in [0, 0.1) is 17.6 Å². The molecule has 3 heterocycles. The number of ether oxygens (including phenoxy) is 1. The predicted octanol–water partition coefficient (Wildman–Crippen LogP) is 1.92. The molecule has 3 atom stereocenters.